The zero-order valence-electron chi connectivity index (χ0n) is 14.5. The first kappa shape index (κ1) is 18.5. The van der Waals surface area contributed by atoms with Gasteiger partial charge in [-0.25, -0.2) is 9.37 Å². The second kappa shape index (κ2) is 7.62. The molecule has 0 aliphatic carbocycles. The summed E-state index contributed by atoms with van der Waals surface area (Å²) in [6, 6.07) is 18.4. The fourth-order valence-corrected chi connectivity index (χ4v) is 3.52. The third kappa shape index (κ3) is 3.72. The van der Waals surface area contributed by atoms with E-state index in [4.69, 9.17) is 23.2 Å². The Balaban J connectivity index is 1.74. The maximum atomic E-state index is 13.4. The lowest BCUT2D eigenvalue weighted by atomic mass is 10.2. The van der Waals surface area contributed by atoms with Gasteiger partial charge in [-0.05, 0) is 48.5 Å². The Hall–Kier alpha value is -2.89. The van der Waals surface area contributed by atoms with Crippen molar-refractivity contribution in [3.63, 3.8) is 0 Å². The fraction of sp³-hybridized carbons (Fsp3) is 0.0476. The Morgan fingerprint density at radius 3 is 2.64 bits per heavy atom. The number of para-hydroxylation sites is 2. The van der Waals surface area contributed by atoms with Gasteiger partial charge in [-0.2, -0.15) is 0 Å². The third-order valence-electron chi connectivity index (χ3n) is 4.24. The second-order valence-electron chi connectivity index (χ2n) is 6.19. The van der Waals surface area contributed by atoms with Crippen LogP contribution in [0.4, 0.5) is 10.1 Å². The standard InChI is InChI=1S/C21H14Cl2FN3O/c22-13-8-9-16(17(23)10-13)21-26-18-6-1-2-7-19(18)27(21)12-20(28)25-15-5-3-4-14(24)11-15/h1-11H,12H2,(H,25,28). The summed E-state index contributed by atoms with van der Waals surface area (Å²) in [6.07, 6.45) is 0. The van der Waals surface area contributed by atoms with E-state index in [1.807, 2.05) is 24.3 Å². The molecule has 1 aromatic heterocycles. The molecule has 1 heterocycles. The van der Waals surface area contributed by atoms with E-state index in [0.717, 1.165) is 11.0 Å². The number of amides is 1. The molecule has 0 aliphatic rings. The zero-order chi connectivity index (χ0) is 19.7. The third-order valence-corrected chi connectivity index (χ3v) is 4.78. The van der Waals surface area contributed by atoms with Crippen LogP contribution in [-0.2, 0) is 11.3 Å². The molecule has 3 aromatic carbocycles. The number of aromatic nitrogens is 2. The van der Waals surface area contributed by atoms with Gasteiger partial charge in [0.1, 0.15) is 18.2 Å². The first-order valence-corrected chi connectivity index (χ1v) is 9.23. The van der Waals surface area contributed by atoms with Gasteiger partial charge in [-0.1, -0.05) is 41.4 Å². The number of fused-ring (bicyclic) bond motifs is 1. The SMILES string of the molecule is O=C(Cn1c(-c2ccc(Cl)cc2Cl)nc2ccccc21)Nc1cccc(F)c1. The molecule has 0 bridgehead atoms. The molecule has 4 rings (SSSR count). The van der Waals surface area contributed by atoms with Crippen molar-refractivity contribution in [2.75, 3.05) is 5.32 Å². The highest BCUT2D eigenvalue weighted by atomic mass is 35.5. The minimum atomic E-state index is -0.417. The minimum Gasteiger partial charge on any atom is -0.324 e. The van der Waals surface area contributed by atoms with E-state index in [1.54, 1.807) is 28.8 Å². The lowest BCUT2D eigenvalue weighted by molar-refractivity contribution is -0.116. The van der Waals surface area contributed by atoms with Crippen molar-refractivity contribution in [2.24, 2.45) is 0 Å². The van der Waals surface area contributed by atoms with E-state index < -0.39 is 5.82 Å². The lowest BCUT2D eigenvalue weighted by Crippen LogP contribution is -2.19. The number of benzene rings is 3. The summed E-state index contributed by atoms with van der Waals surface area (Å²) in [5.41, 5.74) is 2.58. The molecule has 4 nitrogen and oxygen atoms in total. The average Bonchev–Trinajstić information content (AvgIpc) is 3.00. The molecule has 7 heteroatoms. The van der Waals surface area contributed by atoms with Crippen LogP contribution in [-0.4, -0.2) is 15.5 Å². The number of nitrogens with one attached hydrogen (secondary N) is 1. The quantitative estimate of drug-likeness (QED) is 0.460. The maximum Gasteiger partial charge on any atom is 0.244 e. The van der Waals surface area contributed by atoms with Crippen LogP contribution in [0.1, 0.15) is 0 Å². The van der Waals surface area contributed by atoms with Gasteiger partial charge in [0.2, 0.25) is 5.91 Å². The molecule has 0 saturated carbocycles. The van der Waals surface area contributed by atoms with Crippen LogP contribution < -0.4 is 5.32 Å². The van der Waals surface area contributed by atoms with Crippen molar-refractivity contribution < 1.29 is 9.18 Å². The van der Waals surface area contributed by atoms with Crippen molar-refractivity contribution in [1.82, 2.24) is 9.55 Å². The molecule has 140 valence electrons. The van der Waals surface area contributed by atoms with E-state index in [-0.39, 0.29) is 12.5 Å². The number of halogens is 3. The number of imidazole rings is 1. The molecule has 0 spiro atoms. The fourth-order valence-electron chi connectivity index (χ4n) is 3.02. The topological polar surface area (TPSA) is 46.9 Å². The number of hydrogen-bond donors (Lipinski definition) is 1. The predicted molar refractivity (Wildman–Crippen MR) is 110 cm³/mol. The van der Waals surface area contributed by atoms with E-state index in [0.29, 0.717) is 27.1 Å². The first-order chi connectivity index (χ1) is 13.5. The highest BCUT2D eigenvalue weighted by Gasteiger charge is 2.17. The van der Waals surface area contributed by atoms with E-state index in [9.17, 15) is 9.18 Å². The Kier molecular flexibility index (Phi) is 5.03. The van der Waals surface area contributed by atoms with Crippen molar-refractivity contribution >= 4 is 45.8 Å². The molecule has 0 unspecified atom stereocenters. The zero-order valence-corrected chi connectivity index (χ0v) is 16.0. The number of carbonyl (C=O) groups excluding carboxylic acids is 1. The monoisotopic (exact) mass is 413 g/mol. The van der Waals surface area contributed by atoms with Crippen LogP contribution in [0.2, 0.25) is 10.0 Å². The van der Waals surface area contributed by atoms with Crippen molar-refractivity contribution in [1.29, 1.82) is 0 Å². The van der Waals surface area contributed by atoms with Crippen LogP contribution in [0.15, 0.2) is 66.7 Å². The van der Waals surface area contributed by atoms with Crippen LogP contribution in [0.3, 0.4) is 0 Å². The molecule has 0 atom stereocenters. The van der Waals surface area contributed by atoms with Crippen molar-refractivity contribution in [2.45, 2.75) is 6.54 Å². The Morgan fingerprint density at radius 1 is 1.04 bits per heavy atom. The van der Waals surface area contributed by atoms with Crippen molar-refractivity contribution in [3.8, 4) is 11.4 Å². The van der Waals surface area contributed by atoms with Crippen LogP contribution >= 0.6 is 23.2 Å². The summed E-state index contributed by atoms with van der Waals surface area (Å²) in [6.45, 7) is -0.00862. The summed E-state index contributed by atoms with van der Waals surface area (Å²) < 4.78 is 15.2. The molecular formula is C21H14Cl2FN3O. The molecular weight excluding hydrogens is 400 g/mol. The highest BCUT2D eigenvalue weighted by Crippen LogP contribution is 2.32. The second-order valence-corrected chi connectivity index (χ2v) is 7.04. The number of rotatable bonds is 4. The van der Waals surface area contributed by atoms with E-state index in [1.165, 1.54) is 18.2 Å². The summed E-state index contributed by atoms with van der Waals surface area (Å²) in [4.78, 5) is 17.3. The number of nitrogens with zero attached hydrogens (tertiary/aromatic N) is 2. The van der Waals surface area contributed by atoms with Gasteiger partial charge in [0.25, 0.3) is 0 Å². The molecule has 28 heavy (non-hydrogen) atoms. The van der Waals surface area contributed by atoms with Crippen LogP contribution in [0.5, 0.6) is 0 Å². The summed E-state index contributed by atoms with van der Waals surface area (Å²) >= 11 is 12.4. The molecule has 0 aliphatic heterocycles. The van der Waals surface area contributed by atoms with Gasteiger partial charge in [0, 0.05) is 16.3 Å². The summed E-state index contributed by atoms with van der Waals surface area (Å²) in [5, 5.41) is 3.66. The summed E-state index contributed by atoms with van der Waals surface area (Å²) in [5.74, 6) is -0.170. The van der Waals surface area contributed by atoms with Crippen LogP contribution in [0, 0.1) is 5.82 Å². The minimum absolute atomic E-state index is 0.00862. The normalized spacial score (nSPS) is 11.0. The lowest BCUT2D eigenvalue weighted by Gasteiger charge is -2.11. The largest absolute Gasteiger partial charge is 0.324 e. The predicted octanol–water partition coefficient (Wildman–Crippen LogP) is 5.79. The van der Waals surface area contributed by atoms with E-state index in [2.05, 4.69) is 10.3 Å². The van der Waals surface area contributed by atoms with Gasteiger partial charge >= 0.3 is 0 Å². The van der Waals surface area contributed by atoms with Crippen LogP contribution in [0.25, 0.3) is 22.4 Å². The van der Waals surface area contributed by atoms with Gasteiger partial charge in [0.15, 0.2) is 0 Å². The van der Waals surface area contributed by atoms with Gasteiger partial charge < -0.3 is 9.88 Å². The number of anilines is 1. The molecule has 1 amide bonds. The highest BCUT2D eigenvalue weighted by molar-refractivity contribution is 6.36. The molecule has 0 radical (unpaired) electrons. The number of hydrogen-bond acceptors (Lipinski definition) is 2. The summed E-state index contributed by atoms with van der Waals surface area (Å²) in [7, 11) is 0. The Labute approximate surface area is 170 Å². The smallest absolute Gasteiger partial charge is 0.244 e. The maximum absolute atomic E-state index is 13.4. The first-order valence-electron chi connectivity index (χ1n) is 8.47. The Morgan fingerprint density at radius 2 is 1.86 bits per heavy atom. The average molecular weight is 414 g/mol. The molecule has 0 fully saturated rings. The van der Waals surface area contributed by atoms with E-state index >= 15 is 0 Å². The molecule has 4 aromatic rings. The van der Waals surface area contributed by atoms with Gasteiger partial charge in [-0.15, -0.1) is 0 Å². The van der Waals surface area contributed by atoms with Crippen molar-refractivity contribution in [3.05, 3.63) is 82.6 Å². The van der Waals surface area contributed by atoms with Gasteiger partial charge in [0.05, 0.1) is 16.1 Å². The Bertz CT molecular complexity index is 1190. The molecule has 0 saturated heterocycles. The number of carbonyl (C=O) groups is 1. The van der Waals surface area contributed by atoms with Gasteiger partial charge in [-0.3, -0.25) is 4.79 Å². The molecule has 1 N–H and O–H groups in total.